The second-order valence-electron chi connectivity index (χ2n) is 5.03. The molecule has 0 aliphatic rings. The molecular formula is C14H17F3. The summed E-state index contributed by atoms with van der Waals surface area (Å²) in [5.74, 6) is 0. The predicted molar refractivity (Wildman–Crippen MR) is 63.7 cm³/mol. The van der Waals surface area contributed by atoms with Crippen LogP contribution in [0, 0.1) is 5.41 Å². The highest BCUT2D eigenvalue weighted by Gasteiger charge is 2.30. The minimum Gasteiger partial charge on any atom is -0.166 e. The summed E-state index contributed by atoms with van der Waals surface area (Å²) < 4.78 is 37.1. The van der Waals surface area contributed by atoms with Crippen molar-refractivity contribution >= 4 is 0 Å². The zero-order valence-electron chi connectivity index (χ0n) is 10.1. The number of allylic oxidation sites excluding steroid dienone is 1. The first kappa shape index (κ1) is 13.8. The Bertz CT molecular complexity index is 371. The molecule has 0 saturated heterocycles. The maximum atomic E-state index is 12.4. The summed E-state index contributed by atoms with van der Waals surface area (Å²) >= 11 is 0. The highest BCUT2D eigenvalue weighted by molar-refractivity contribution is 5.25. The van der Waals surface area contributed by atoms with Crippen molar-refractivity contribution in [3.63, 3.8) is 0 Å². The first-order valence-corrected chi connectivity index (χ1v) is 5.52. The van der Waals surface area contributed by atoms with Crippen molar-refractivity contribution < 1.29 is 13.2 Å². The third kappa shape index (κ3) is 4.25. The molecule has 0 radical (unpaired) electrons. The van der Waals surface area contributed by atoms with Crippen LogP contribution in [0.1, 0.15) is 31.4 Å². The summed E-state index contributed by atoms with van der Waals surface area (Å²) in [4.78, 5) is 0. The van der Waals surface area contributed by atoms with Gasteiger partial charge >= 0.3 is 6.18 Å². The van der Waals surface area contributed by atoms with Gasteiger partial charge in [-0.1, -0.05) is 32.1 Å². The SMILES string of the molecule is C=CCC(C)(C)Cc1ccc(C(F)(F)F)cc1. The van der Waals surface area contributed by atoms with E-state index in [9.17, 15) is 13.2 Å². The van der Waals surface area contributed by atoms with Gasteiger partial charge in [0.2, 0.25) is 0 Å². The molecule has 0 saturated carbocycles. The Hall–Kier alpha value is -1.25. The molecule has 3 heteroatoms. The van der Waals surface area contributed by atoms with Crippen molar-refractivity contribution in [1.29, 1.82) is 0 Å². The Morgan fingerprint density at radius 1 is 1.12 bits per heavy atom. The largest absolute Gasteiger partial charge is 0.416 e. The van der Waals surface area contributed by atoms with Gasteiger partial charge < -0.3 is 0 Å². The lowest BCUT2D eigenvalue weighted by Crippen LogP contribution is -2.14. The monoisotopic (exact) mass is 242 g/mol. The Morgan fingerprint density at radius 3 is 2.06 bits per heavy atom. The van der Waals surface area contributed by atoms with Gasteiger partial charge in [-0.3, -0.25) is 0 Å². The second-order valence-corrected chi connectivity index (χ2v) is 5.03. The summed E-state index contributed by atoms with van der Waals surface area (Å²) in [5, 5.41) is 0. The van der Waals surface area contributed by atoms with Crippen LogP contribution in [-0.2, 0) is 12.6 Å². The lowest BCUT2D eigenvalue weighted by atomic mass is 9.82. The average molecular weight is 242 g/mol. The number of rotatable bonds is 4. The molecule has 0 N–H and O–H groups in total. The smallest absolute Gasteiger partial charge is 0.166 e. The summed E-state index contributed by atoms with van der Waals surface area (Å²) in [6.45, 7) is 7.84. The summed E-state index contributed by atoms with van der Waals surface area (Å²) in [6.07, 6.45) is -0.829. The van der Waals surface area contributed by atoms with Crippen LogP contribution in [-0.4, -0.2) is 0 Å². The Labute approximate surface area is 100 Å². The van der Waals surface area contributed by atoms with E-state index in [-0.39, 0.29) is 5.41 Å². The minimum atomic E-state index is -4.25. The third-order valence-electron chi connectivity index (χ3n) is 2.66. The number of alkyl halides is 3. The van der Waals surface area contributed by atoms with E-state index in [0.29, 0.717) is 0 Å². The molecule has 0 nitrogen and oxygen atoms in total. The fraction of sp³-hybridized carbons (Fsp3) is 0.429. The van der Waals surface area contributed by atoms with Gasteiger partial charge in [0.05, 0.1) is 5.56 Å². The Morgan fingerprint density at radius 2 is 1.65 bits per heavy atom. The van der Waals surface area contributed by atoms with Crippen LogP contribution in [0.3, 0.4) is 0 Å². The zero-order valence-corrected chi connectivity index (χ0v) is 10.1. The van der Waals surface area contributed by atoms with Crippen molar-refractivity contribution in [2.24, 2.45) is 5.41 Å². The molecule has 94 valence electrons. The van der Waals surface area contributed by atoms with Crippen molar-refractivity contribution in [3.8, 4) is 0 Å². The molecule has 0 unspecified atom stereocenters. The van der Waals surface area contributed by atoms with E-state index in [4.69, 9.17) is 0 Å². The van der Waals surface area contributed by atoms with E-state index in [2.05, 4.69) is 20.4 Å². The van der Waals surface area contributed by atoms with Gasteiger partial charge in [-0.05, 0) is 36.0 Å². The number of hydrogen-bond acceptors (Lipinski definition) is 0. The highest BCUT2D eigenvalue weighted by Crippen LogP contribution is 2.31. The lowest BCUT2D eigenvalue weighted by Gasteiger charge is -2.23. The summed E-state index contributed by atoms with van der Waals surface area (Å²) in [7, 11) is 0. The first-order chi connectivity index (χ1) is 7.74. The predicted octanol–water partition coefficient (Wildman–Crippen LogP) is 4.85. The molecule has 0 aliphatic carbocycles. The second kappa shape index (κ2) is 4.94. The quantitative estimate of drug-likeness (QED) is 0.662. The van der Waals surface area contributed by atoms with E-state index in [0.717, 1.165) is 30.5 Å². The molecular weight excluding hydrogens is 225 g/mol. The highest BCUT2D eigenvalue weighted by atomic mass is 19.4. The molecule has 0 aromatic heterocycles. The molecule has 1 aromatic carbocycles. The molecule has 1 aromatic rings. The zero-order chi connectivity index (χ0) is 13.1. The Kier molecular flexibility index (Phi) is 4.02. The fourth-order valence-corrected chi connectivity index (χ4v) is 1.83. The van der Waals surface area contributed by atoms with Gasteiger partial charge in [0.25, 0.3) is 0 Å². The van der Waals surface area contributed by atoms with E-state index < -0.39 is 11.7 Å². The van der Waals surface area contributed by atoms with Crippen LogP contribution in [0.25, 0.3) is 0 Å². The lowest BCUT2D eigenvalue weighted by molar-refractivity contribution is -0.137. The van der Waals surface area contributed by atoms with Crippen LogP contribution >= 0.6 is 0 Å². The molecule has 0 bridgehead atoms. The Balaban J connectivity index is 2.79. The minimum absolute atomic E-state index is 0.0293. The van der Waals surface area contributed by atoms with Crippen LogP contribution in [0.5, 0.6) is 0 Å². The summed E-state index contributed by atoms with van der Waals surface area (Å²) in [5.41, 5.74) is 0.356. The molecule has 0 spiro atoms. The maximum absolute atomic E-state index is 12.4. The maximum Gasteiger partial charge on any atom is 0.416 e. The van der Waals surface area contributed by atoms with Crippen molar-refractivity contribution in [3.05, 3.63) is 48.0 Å². The van der Waals surface area contributed by atoms with Crippen molar-refractivity contribution in [2.45, 2.75) is 32.9 Å². The van der Waals surface area contributed by atoms with Gasteiger partial charge in [0.15, 0.2) is 0 Å². The molecule has 1 rings (SSSR count). The molecule has 0 aliphatic heterocycles. The van der Waals surface area contributed by atoms with Gasteiger partial charge in [0, 0.05) is 0 Å². The number of benzene rings is 1. The number of halogens is 3. The van der Waals surface area contributed by atoms with Gasteiger partial charge in [-0.15, -0.1) is 6.58 Å². The van der Waals surface area contributed by atoms with E-state index in [1.807, 2.05) is 6.08 Å². The molecule has 17 heavy (non-hydrogen) atoms. The van der Waals surface area contributed by atoms with Gasteiger partial charge in [-0.2, -0.15) is 13.2 Å². The van der Waals surface area contributed by atoms with Crippen LogP contribution in [0.4, 0.5) is 13.2 Å². The van der Waals surface area contributed by atoms with Crippen LogP contribution in [0.2, 0.25) is 0 Å². The van der Waals surface area contributed by atoms with Crippen LogP contribution in [0.15, 0.2) is 36.9 Å². The third-order valence-corrected chi connectivity index (χ3v) is 2.66. The normalized spacial score (nSPS) is 12.5. The van der Waals surface area contributed by atoms with E-state index in [1.165, 1.54) is 0 Å². The average Bonchev–Trinajstić information content (AvgIpc) is 2.16. The van der Waals surface area contributed by atoms with Gasteiger partial charge in [-0.25, -0.2) is 0 Å². The standard InChI is InChI=1S/C14H17F3/c1-4-9-13(2,3)10-11-5-7-12(8-6-11)14(15,16)17/h4-8H,1,9-10H2,2-3H3. The molecule has 0 amide bonds. The van der Waals surface area contributed by atoms with Crippen molar-refractivity contribution in [1.82, 2.24) is 0 Å². The topological polar surface area (TPSA) is 0 Å². The van der Waals surface area contributed by atoms with E-state index >= 15 is 0 Å². The van der Waals surface area contributed by atoms with Gasteiger partial charge in [0.1, 0.15) is 0 Å². The summed E-state index contributed by atoms with van der Waals surface area (Å²) in [6, 6.07) is 5.37. The molecule has 0 fully saturated rings. The number of hydrogen-bond donors (Lipinski definition) is 0. The van der Waals surface area contributed by atoms with Crippen molar-refractivity contribution in [2.75, 3.05) is 0 Å². The van der Waals surface area contributed by atoms with Crippen LogP contribution < -0.4 is 0 Å². The van der Waals surface area contributed by atoms with E-state index in [1.54, 1.807) is 12.1 Å². The first-order valence-electron chi connectivity index (χ1n) is 5.52. The molecule has 0 heterocycles. The fourth-order valence-electron chi connectivity index (χ4n) is 1.83. The molecule has 0 atom stereocenters.